The minimum atomic E-state index is -0.344. The summed E-state index contributed by atoms with van der Waals surface area (Å²) >= 11 is 1.66. The van der Waals surface area contributed by atoms with Gasteiger partial charge in [-0.15, -0.1) is 0 Å². The van der Waals surface area contributed by atoms with Crippen LogP contribution in [0.15, 0.2) is 35.0 Å². The van der Waals surface area contributed by atoms with Crippen molar-refractivity contribution in [2.75, 3.05) is 12.4 Å². The Bertz CT molecular complexity index is 456. The van der Waals surface area contributed by atoms with Crippen LogP contribution in [0.4, 0.5) is 10.1 Å². The van der Waals surface area contributed by atoms with E-state index in [0.717, 1.165) is 12.2 Å². The number of nitrogens with one attached hydrogen (secondary N) is 1. The van der Waals surface area contributed by atoms with E-state index in [4.69, 9.17) is 4.74 Å². The molecule has 1 aromatic heterocycles. The minimum absolute atomic E-state index is 0.260. The number of ether oxygens (including phenoxy) is 1. The van der Waals surface area contributed by atoms with Crippen molar-refractivity contribution in [3.63, 3.8) is 0 Å². The number of halogens is 1. The largest absolute Gasteiger partial charge is 0.494 e. The molecule has 0 aliphatic heterocycles. The number of rotatable bonds is 4. The first-order chi connectivity index (χ1) is 7.79. The van der Waals surface area contributed by atoms with E-state index < -0.39 is 0 Å². The summed E-state index contributed by atoms with van der Waals surface area (Å²) in [4.78, 5) is 0. The van der Waals surface area contributed by atoms with Crippen LogP contribution in [0.2, 0.25) is 0 Å². The highest BCUT2D eigenvalue weighted by Gasteiger charge is 2.03. The molecule has 0 atom stereocenters. The molecule has 0 bridgehead atoms. The molecule has 0 aliphatic rings. The second-order valence-electron chi connectivity index (χ2n) is 3.33. The third kappa shape index (κ3) is 2.52. The van der Waals surface area contributed by atoms with Gasteiger partial charge in [-0.3, -0.25) is 0 Å². The molecule has 1 N–H and O–H groups in total. The van der Waals surface area contributed by atoms with Gasteiger partial charge >= 0.3 is 0 Å². The normalized spacial score (nSPS) is 10.1. The van der Waals surface area contributed by atoms with Crippen molar-refractivity contribution in [1.82, 2.24) is 0 Å². The summed E-state index contributed by atoms with van der Waals surface area (Å²) in [5.41, 5.74) is 2.07. The van der Waals surface area contributed by atoms with Gasteiger partial charge in [-0.25, -0.2) is 4.39 Å². The number of anilines is 1. The van der Waals surface area contributed by atoms with Crippen molar-refractivity contribution in [3.05, 3.63) is 46.4 Å². The Kier molecular flexibility index (Phi) is 3.41. The lowest BCUT2D eigenvalue weighted by atomic mass is 10.2. The Hall–Kier alpha value is -1.55. The average molecular weight is 237 g/mol. The smallest absolute Gasteiger partial charge is 0.165 e. The number of thiophene rings is 1. The fourth-order valence-corrected chi connectivity index (χ4v) is 2.04. The first-order valence-corrected chi connectivity index (χ1v) is 5.82. The molecule has 0 amide bonds. The number of benzene rings is 1. The number of hydrogen-bond acceptors (Lipinski definition) is 3. The molecule has 2 rings (SSSR count). The molecule has 1 aromatic carbocycles. The molecule has 0 saturated carbocycles. The molecule has 0 saturated heterocycles. The molecule has 0 radical (unpaired) electrons. The Morgan fingerprint density at radius 1 is 1.38 bits per heavy atom. The van der Waals surface area contributed by atoms with Crippen LogP contribution in [-0.4, -0.2) is 7.11 Å². The molecule has 0 unspecified atom stereocenters. The minimum Gasteiger partial charge on any atom is -0.494 e. The average Bonchev–Trinajstić information content (AvgIpc) is 2.81. The highest BCUT2D eigenvalue weighted by molar-refractivity contribution is 7.07. The number of methoxy groups -OCH3 is 1. The van der Waals surface area contributed by atoms with Gasteiger partial charge in [-0.05, 0) is 34.5 Å². The molecular weight excluding hydrogens is 225 g/mol. The Labute approximate surface area is 97.7 Å². The van der Waals surface area contributed by atoms with Gasteiger partial charge < -0.3 is 10.1 Å². The van der Waals surface area contributed by atoms with E-state index in [0.29, 0.717) is 0 Å². The molecule has 1 heterocycles. The topological polar surface area (TPSA) is 21.3 Å². The van der Waals surface area contributed by atoms with E-state index in [2.05, 4.69) is 16.8 Å². The fraction of sp³-hybridized carbons (Fsp3) is 0.167. The summed E-state index contributed by atoms with van der Waals surface area (Å²) in [7, 11) is 1.46. The van der Waals surface area contributed by atoms with Crippen LogP contribution < -0.4 is 10.1 Å². The lowest BCUT2D eigenvalue weighted by Crippen LogP contribution is -1.99. The van der Waals surface area contributed by atoms with Gasteiger partial charge in [-0.2, -0.15) is 11.3 Å². The predicted octanol–water partition coefficient (Wildman–Crippen LogP) is 3.51. The van der Waals surface area contributed by atoms with Gasteiger partial charge in [-0.1, -0.05) is 0 Å². The standard InChI is InChI=1S/C12H12FNOS/c1-15-12-6-10(2-3-11(12)13)14-7-9-4-5-16-8-9/h2-6,8,14H,7H2,1H3. The van der Waals surface area contributed by atoms with E-state index in [1.54, 1.807) is 23.5 Å². The van der Waals surface area contributed by atoms with Crippen molar-refractivity contribution in [1.29, 1.82) is 0 Å². The quantitative estimate of drug-likeness (QED) is 0.878. The van der Waals surface area contributed by atoms with Gasteiger partial charge in [0, 0.05) is 18.3 Å². The zero-order valence-corrected chi connectivity index (χ0v) is 9.68. The van der Waals surface area contributed by atoms with Crippen LogP contribution in [0.5, 0.6) is 5.75 Å². The van der Waals surface area contributed by atoms with Crippen molar-refractivity contribution < 1.29 is 9.13 Å². The maximum Gasteiger partial charge on any atom is 0.165 e. The molecule has 0 spiro atoms. The van der Waals surface area contributed by atoms with Crippen molar-refractivity contribution in [3.8, 4) is 5.75 Å². The van der Waals surface area contributed by atoms with Crippen LogP contribution in [0.3, 0.4) is 0 Å². The summed E-state index contributed by atoms with van der Waals surface area (Å²) in [5, 5.41) is 7.32. The monoisotopic (exact) mass is 237 g/mol. The molecule has 2 aromatic rings. The fourth-order valence-electron chi connectivity index (χ4n) is 1.37. The maximum absolute atomic E-state index is 13.1. The highest BCUT2D eigenvalue weighted by atomic mass is 32.1. The molecule has 0 aliphatic carbocycles. The van der Waals surface area contributed by atoms with E-state index in [1.165, 1.54) is 18.7 Å². The van der Waals surface area contributed by atoms with Crippen LogP contribution in [0.1, 0.15) is 5.56 Å². The molecule has 4 heteroatoms. The molecule has 2 nitrogen and oxygen atoms in total. The zero-order chi connectivity index (χ0) is 11.4. The second kappa shape index (κ2) is 4.99. The van der Waals surface area contributed by atoms with E-state index in [1.807, 2.05) is 5.38 Å². The van der Waals surface area contributed by atoms with Crippen molar-refractivity contribution >= 4 is 17.0 Å². The van der Waals surface area contributed by atoms with E-state index in [-0.39, 0.29) is 11.6 Å². The van der Waals surface area contributed by atoms with Gasteiger partial charge in [0.15, 0.2) is 11.6 Å². The Balaban J connectivity index is 2.04. The first kappa shape index (κ1) is 11.0. The van der Waals surface area contributed by atoms with Crippen LogP contribution in [0, 0.1) is 5.82 Å². The van der Waals surface area contributed by atoms with E-state index in [9.17, 15) is 4.39 Å². The van der Waals surface area contributed by atoms with Gasteiger partial charge in [0.05, 0.1) is 7.11 Å². The Morgan fingerprint density at radius 3 is 2.94 bits per heavy atom. The number of hydrogen-bond donors (Lipinski definition) is 1. The van der Waals surface area contributed by atoms with E-state index >= 15 is 0 Å². The van der Waals surface area contributed by atoms with Gasteiger partial charge in [0.25, 0.3) is 0 Å². The summed E-state index contributed by atoms with van der Waals surface area (Å²) < 4.78 is 18.0. The molecule has 84 valence electrons. The maximum atomic E-state index is 13.1. The van der Waals surface area contributed by atoms with Crippen molar-refractivity contribution in [2.45, 2.75) is 6.54 Å². The van der Waals surface area contributed by atoms with Crippen molar-refractivity contribution in [2.24, 2.45) is 0 Å². The predicted molar refractivity (Wildman–Crippen MR) is 64.6 cm³/mol. The second-order valence-corrected chi connectivity index (χ2v) is 4.11. The summed E-state index contributed by atoms with van der Waals surface area (Å²) in [6.07, 6.45) is 0. The van der Waals surface area contributed by atoms with Crippen LogP contribution >= 0.6 is 11.3 Å². The lowest BCUT2D eigenvalue weighted by molar-refractivity contribution is 0.387. The van der Waals surface area contributed by atoms with Crippen LogP contribution in [-0.2, 0) is 6.54 Å². The third-order valence-corrected chi connectivity index (χ3v) is 2.96. The summed E-state index contributed by atoms with van der Waals surface area (Å²) in [6.45, 7) is 0.734. The summed E-state index contributed by atoms with van der Waals surface area (Å²) in [6, 6.07) is 6.80. The Morgan fingerprint density at radius 2 is 2.25 bits per heavy atom. The third-order valence-electron chi connectivity index (χ3n) is 2.23. The lowest BCUT2D eigenvalue weighted by Gasteiger charge is -2.07. The first-order valence-electron chi connectivity index (χ1n) is 4.88. The van der Waals surface area contributed by atoms with Crippen LogP contribution in [0.25, 0.3) is 0 Å². The van der Waals surface area contributed by atoms with Gasteiger partial charge in [0.1, 0.15) is 0 Å². The zero-order valence-electron chi connectivity index (χ0n) is 8.87. The molecular formula is C12H12FNOS. The summed E-state index contributed by atoms with van der Waals surface area (Å²) in [5.74, 6) is -0.0844. The molecule has 16 heavy (non-hydrogen) atoms. The van der Waals surface area contributed by atoms with Gasteiger partial charge in [0.2, 0.25) is 0 Å². The SMILES string of the molecule is COc1cc(NCc2ccsc2)ccc1F. The molecule has 0 fully saturated rings. The highest BCUT2D eigenvalue weighted by Crippen LogP contribution is 2.22.